The van der Waals surface area contributed by atoms with Crippen LogP contribution < -0.4 is 0 Å². The van der Waals surface area contributed by atoms with Gasteiger partial charge in [0.1, 0.15) is 5.94 Å². The van der Waals surface area contributed by atoms with E-state index >= 15 is 0 Å². The van der Waals surface area contributed by atoms with Gasteiger partial charge in [0.25, 0.3) is 0 Å². The van der Waals surface area contributed by atoms with Crippen LogP contribution in [0.15, 0.2) is 5.57 Å². The fraction of sp³-hybridized carbons (Fsp3) is 0.880. The highest BCUT2D eigenvalue weighted by Crippen LogP contribution is 2.68. The number of rotatable bonds is 4. The number of hydrogen-bond acceptors (Lipinski definition) is 2. The Morgan fingerprint density at radius 2 is 1.86 bits per heavy atom. The summed E-state index contributed by atoms with van der Waals surface area (Å²) < 4.78 is 0. The quantitative estimate of drug-likeness (QED) is 0.612. The molecule has 4 rings (SSSR count). The largest absolute Gasteiger partial charge is 0.481 e. The molecule has 156 valence electrons. The molecular weight excluding hydrogens is 348 g/mol. The fourth-order valence-electron chi connectivity index (χ4n) is 8.70. The molecule has 0 aliphatic heterocycles. The van der Waals surface area contributed by atoms with Gasteiger partial charge in [0.05, 0.1) is 0 Å². The third-order valence-corrected chi connectivity index (χ3v) is 10.2. The van der Waals surface area contributed by atoms with Gasteiger partial charge >= 0.3 is 5.97 Å². The van der Waals surface area contributed by atoms with Crippen LogP contribution in [0.4, 0.5) is 0 Å². The molecule has 0 aromatic rings. The maximum absolute atomic E-state index is 11.2. The molecule has 4 saturated carbocycles. The van der Waals surface area contributed by atoms with Gasteiger partial charge in [0.2, 0.25) is 0 Å². The topological polar surface area (TPSA) is 54.4 Å². The van der Waals surface area contributed by atoms with Crippen molar-refractivity contribution in [3.63, 3.8) is 0 Å². The number of carboxylic acid groups (broad SMARTS) is 1. The number of fused-ring (bicyclic) bond motifs is 5. The van der Waals surface area contributed by atoms with Gasteiger partial charge in [-0.25, -0.2) is 4.79 Å². The molecule has 0 heterocycles. The van der Waals surface area contributed by atoms with Crippen LogP contribution in [-0.4, -0.2) is 17.0 Å². The zero-order valence-corrected chi connectivity index (χ0v) is 18.0. The summed E-state index contributed by atoms with van der Waals surface area (Å²) >= 11 is 0. The molecule has 4 fully saturated rings. The molecule has 0 saturated heterocycles. The van der Waals surface area contributed by atoms with Crippen molar-refractivity contribution >= 4 is 11.9 Å². The Morgan fingerprint density at radius 3 is 2.57 bits per heavy atom. The Labute approximate surface area is 170 Å². The standard InChI is InChI=1S/C25H38O3/c1-16(4-9-23(27)28)20-7-8-21-19-6-5-18-14-17(15-26)10-12-24(18,2)22(19)11-13-25(20,21)3/h16,18-22H,4-14H2,1-3H3,(H,27,28)/t16-,18-,19+,20-,21+,22+,24+,25-/m1/s1. The summed E-state index contributed by atoms with van der Waals surface area (Å²) in [6.45, 7) is 7.39. The molecule has 8 atom stereocenters. The molecule has 0 amide bonds. The Kier molecular flexibility index (Phi) is 5.28. The summed E-state index contributed by atoms with van der Waals surface area (Å²) in [7, 11) is 0. The van der Waals surface area contributed by atoms with E-state index in [0.29, 0.717) is 35.0 Å². The van der Waals surface area contributed by atoms with Crippen LogP contribution >= 0.6 is 0 Å². The number of aliphatic carboxylic acids is 1. The number of hydrogen-bond donors (Lipinski definition) is 1. The van der Waals surface area contributed by atoms with Crippen molar-refractivity contribution in [2.24, 2.45) is 46.3 Å². The predicted molar refractivity (Wildman–Crippen MR) is 110 cm³/mol. The minimum absolute atomic E-state index is 0.316. The smallest absolute Gasteiger partial charge is 0.303 e. The molecule has 0 aromatic carbocycles. The average molecular weight is 387 g/mol. The van der Waals surface area contributed by atoms with E-state index in [1.165, 1.54) is 44.9 Å². The van der Waals surface area contributed by atoms with Crippen molar-refractivity contribution < 1.29 is 14.7 Å². The Bertz CT molecular complexity index is 677. The SMILES string of the molecule is C[C@H](CCC(=O)O)[C@H]1CC[C@H]2[C@@H]3CC[C@@H]4CC(=C=O)CC[C@]4(C)[C@H]3CC[C@]12C. The second-order valence-corrected chi connectivity index (χ2v) is 11.2. The summed E-state index contributed by atoms with van der Waals surface area (Å²) in [4.78, 5) is 22.3. The van der Waals surface area contributed by atoms with Crippen molar-refractivity contribution in [1.82, 2.24) is 0 Å². The number of carbonyl (C=O) groups is 1. The van der Waals surface area contributed by atoms with Gasteiger partial charge in [-0.1, -0.05) is 20.8 Å². The first-order valence-electron chi connectivity index (χ1n) is 11.7. The number of allylic oxidation sites excluding steroid dienone is 1. The lowest BCUT2D eigenvalue weighted by Gasteiger charge is -2.60. The monoisotopic (exact) mass is 386 g/mol. The van der Waals surface area contributed by atoms with Crippen molar-refractivity contribution in [3.05, 3.63) is 5.57 Å². The van der Waals surface area contributed by atoms with Crippen LogP contribution in [0.1, 0.15) is 91.4 Å². The molecular formula is C25H38O3. The minimum Gasteiger partial charge on any atom is -0.481 e. The van der Waals surface area contributed by atoms with Crippen LogP contribution in [0, 0.1) is 46.3 Å². The second-order valence-electron chi connectivity index (χ2n) is 11.2. The van der Waals surface area contributed by atoms with Crippen LogP contribution in [0.3, 0.4) is 0 Å². The van der Waals surface area contributed by atoms with Crippen LogP contribution in [0.25, 0.3) is 0 Å². The van der Waals surface area contributed by atoms with E-state index < -0.39 is 5.97 Å². The lowest BCUT2D eigenvalue weighted by Crippen LogP contribution is -2.53. The Balaban J connectivity index is 1.52. The maximum Gasteiger partial charge on any atom is 0.303 e. The summed E-state index contributed by atoms with van der Waals surface area (Å²) in [5, 5.41) is 9.11. The van der Waals surface area contributed by atoms with E-state index in [2.05, 4.69) is 26.7 Å². The van der Waals surface area contributed by atoms with Gasteiger partial charge in [-0.05, 0) is 111 Å². The van der Waals surface area contributed by atoms with E-state index in [1.54, 1.807) is 0 Å². The molecule has 28 heavy (non-hydrogen) atoms. The molecule has 0 spiro atoms. The van der Waals surface area contributed by atoms with Gasteiger partial charge in [0, 0.05) is 12.0 Å². The van der Waals surface area contributed by atoms with Crippen molar-refractivity contribution in [2.75, 3.05) is 0 Å². The third-order valence-electron chi connectivity index (χ3n) is 10.2. The van der Waals surface area contributed by atoms with Crippen LogP contribution in [0.5, 0.6) is 0 Å². The van der Waals surface area contributed by atoms with Crippen LogP contribution in [-0.2, 0) is 9.59 Å². The van der Waals surface area contributed by atoms with Gasteiger partial charge < -0.3 is 5.11 Å². The average Bonchev–Trinajstić information content (AvgIpc) is 3.02. The van der Waals surface area contributed by atoms with E-state index in [1.807, 2.05) is 0 Å². The molecule has 0 bridgehead atoms. The first kappa shape index (κ1) is 20.2. The van der Waals surface area contributed by atoms with Gasteiger partial charge in [-0.15, -0.1) is 0 Å². The molecule has 0 radical (unpaired) electrons. The molecule has 0 unspecified atom stereocenters. The molecule has 4 aliphatic rings. The molecule has 1 N–H and O–H groups in total. The Hall–Kier alpha value is -1.08. The normalized spacial score (nSPS) is 46.1. The van der Waals surface area contributed by atoms with Crippen molar-refractivity contribution in [3.8, 4) is 0 Å². The molecule has 3 heteroatoms. The fourth-order valence-corrected chi connectivity index (χ4v) is 8.70. The van der Waals surface area contributed by atoms with Gasteiger partial charge in [0.15, 0.2) is 0 Å². The zero-order valence-electron chi connectivity index (χ0n) is 18.0. The van der Waals surface area contributed by atoms with E-state index in [4.69, 9.17) is 5.11 Å². The van der Waals surface area contributed by atoms with Gasteiger partial charge in [-0.2, -0.15) is 0 Å². The van der Waals surface area contributed by atoms with Crippen LogP contribution in [0.2, 0.25) is 0 Å². The summed E-state index contributed by atoms with van der Waals surface area (Å²) in [6.07, 6.45) is 12.2. The zero-order chi connectivity index (χ0) is 20.1. The third kappa shape index (κ3) is 3.09. The lowest BCUT2D eigenvalue weighted by molar-refractivity contribution is -0.137. The second kappa shape index (κ2) is 7.31. The summed E-state index contributed by atoms with van der Waals surface area (Å²) in [5.41, 5.74) is 1.86. The summed E-state index contributed by atoms with van der Waals surface area (Å²) in [5.74, 6) is 5.98. The highest BCUT2D eigenvalue weighted by molar-refractivity contribution is 5.66. The maximum atomic E-state index is 11.2. The van der Waals surface area contributed by atoms with E-state index in [-0.39, 0.29) is 0 Å². The summed E-state index contributed by atoms with van der Waals surface area (Å²) in [6, 6.07) is 0. The van der Waals surface area contributed by atoms with E-state index in [9.17, 15) is 9.59 Å². The number of carbonyl (C=O) groups excluding carboxylic acids is 1. The van der Waals surface area contributed by atoms with Crippen molar-refractivity contribution in [1.29, 1.82) is 0 Å². The highest BCUT2D eigenvalue weighted by Gasteiger charge is 2.60. The lowest BCUT2D eigenvalue weighted by atomic mass is 9.44. The number of carboxylic acids is 1. The molecule has 4 aliphatic carbocycles. The molecule has 0 aromatic heterocycles. The Morgan fingerprint density at radius 1 is 1.11 bits per heavy atom. The van der Waals surface area contributed by atoms with Gasteiger partial charge in [-0.3, -0.25) is 4.79 Å². The van der Waals surface area contributed by atoms with Crippen molar-refractivity contribution in [2.45, 2.75) is 91.4 Å². The van der Waals surface area contributed by atoms with E-state index in [0.717, 1.165) is 42.6 Å². The predicted octanol–water partition coefficient (Wildman–Crippen LogP) is 5.90. The first-order chi connectivity index (χ1) is 13.3. The molecule has 3 nitrogen and oxygen atoms in total. The first-order valence-corrected chi connectivity index (χ1v) is 11.7. The highest BCUT2D eigenvalue weighted by atomic mass is 16.4. The minimum atomic E-state index is -0.650.